The molecule has 1 saturated heterocycles. The minimum Gasteiger partial charge on any atom is -0.277 e. The summed E-state index contributed by atoms with van der Waals surface area (Å²) < 4.78 is 0. The molecule has 4 rings (SSSR count). The average Bonchev–Trinajstić information content (AvgIpc) is 3.19. The maximum atomic E-state index is 12.8. The average molecular weight is 339 g/mol. The molecule has 1 heterocycles. The highest BCUT2D eigenvalue weighted by molar-refractivity contribution is 6.23. The summed E-state index contributed by atoms with van der Waals surface area (Å²) in [5.74, 6) is -1.10. The van der Waals surface area contributed by atoms with E-state index in [0.29, 0.717) is 17.5 Å². The van der Waals surface area contributed by atoms with E-state index in [4.69, 9.17) is 0 Å². The number of rotatable bonds is 3. The molecule has 1 N–H and O–H groups in total. The number of imide groups is 2. The largest absolute Gasteiger partial charge is 0.331 e. The maximum absolute atomic E-state index is 12.8. The molecule has 25 heavy (non-hydrogen) atoms. The van der Waals surface area contributed by atoms with Crippen LogP contribution < -0.4 is 5.32 Å². The van der Waals surface area contributed by atoms with E-state index in [0.717, 1.165) is 24.8 Å². The third-order valence-electron chi connectivity index (χ3n) is 5.67. The molecule has 4 amide bonds. The second kappa shape index (κ2) is 6.10. The van der Waals surface area contributed by atoms with Gasteiger partial charge in [0.15, 0.2) is 5.92 Å². The Morgan fingerprint density at radius 2 is 1.88 bits per heavy atom. The van der Waals surface area contributed by atoms with Crippen LogP contribution in [0, 0.1) is 24.7 Å². The number of hydrogen-bond donors (Lipinski definition) is 1. The number of amides is 4. The first-order valence-electron chi connectivity index (χ1n) is 8.81. The zero-order valence-electron chi connectivity index (χ0n) is 14.1. The van der Waals surface area contributed by atoms with Crippen molar-refractivity contribution in [3.63, 3.8) is 0 Å². The van der Waals surface area contributed by atoms with E-state index in [1.54, 1.807) is 0 Å². The number of carbonyl (C=O) groups is 3. The van der Waals surface area contributed by atoms with Gasteiger partial charge in [-0.05, 0) is 50.2 Å². The first-order valence-corrected chi connectivity index (χ1v) is 8.81. The number of aryl methyl sites for hydroxylation is 1. The van der Waals surface area contributed by atoms with Crippen molar-refractivity contribution in [2.24, 2.45) is 22.7 Å². The highest BCUT2D eigenvalue weighted by Crippen LogP contribution is 2.47. The van der Waals surface area contributed by atoms with Crippen LogP contribution in [-0.4, -0.2) is 35.0 Å². The van der Waals surface area contributed by atoms with Gasteiger partial charge >= 0.3 is 6.03 Å². The van der Waals surface area contributed by atoms with E-state index in [1.165, 1.54) is 17.5 Å². The SMILES string of the molecule is Cc1ccc(N=C[C@H]2C(=O)NC(=O)N([C@H]3C[C@H]4CC[C@H]3C4)C2=O)cc1. The molecule has 1 aromatic rings. The highest BCUT2D eigenvalue weighted by atomic mass is 16.2. The molecule has 0 radical (unpaired) electrons. The Kier molecular flexibility index (Phi) is 3.90. The van der Waals surface area contributed by atoms with Crippen LogP contribution in [0.25, 0.3) is 0 Å². The van der Waals surface area contributed by atoms with Gasteiger partial charge in [-0.2, -0.15) is 0 Å². The molecule has 130 valence electrons. The zero-order valence-corrected chi connectivity index (χ0v) is 14.1. The predicted octanol–water partition coefficient (Wildman–Crippen LogP) is 2.58. The van der Waals surface area contributed by atoms with Gasteiger partial charge < -0.3 is 0 Å². The second-order valence-electron chi connectivity index (χ2n) is 7.34. The van der Waals surface area contributed by atoms with E-state index in [9.17, 15) is 14.4 Å². The Hall–Kier alpha value is -2.50. The molecule has 4 atom stereocenters. The number of nitrogens with one attached hydrogen (secondary N) is 1. The van der Waals surface area contributed by atoms with Crippen LogP contribution in [0.15, 0.2) is 29.3 Å². The zero-order chi connectivity index (χ0) is 17.6. The summed E-state index contributed by atoms with van der Waals surface area (Å²) in [6, 6.07) is 6.84. The minimum absolute atomic E-state index is 0.0744. The number of benzene rings is 1. The van der Waals surface area contributed by atoms with Gasteiger partial charge in [0.2, 0.25) is 11.8 Å². The lowest BCUT2D eigenvalue weighted by Crippen LogP contribution is -2.62. The highest BCUT2D eigenvalue weighted by Gasteiger charge is 2.50. The van der Waals surface area contributed by atoms with Crippen molar-refractivity contribution in [2.75, 3.05) is 0 Å². The Morgan fingerprint density at radius 1 is 1.12 bits per heavy atom. The smallest absolute Gasteiger partial charge is 0.277 e. The van der Waals surface area contributed by atoms with Crippen LogP contribution in [0.1, 0.15) is 31.2 Å². The summed E-state index contributed by atoms with van der Waals surface area (Å²) >= 11 is 0. The number of barbiturate groups is 1. The van der Waals surface area contributed by atoms with Crippen LogP contribution in [-0.2, 0) is 9.59 Å². The fraction of sp³-hybridized carbons (Fsp3) is 0.474. The first kappa shape index (κ1) is 16.0. The van der Waals surface area contributed by atoms with Crippen LogP contribution in [0.2, 0.25) is 0 Å². The third kappa shape index (κ3) is 2.86. The maximum Gasteiger partial charge on any atom is 0.331 e. The van der Waals surface area contributed by atoms with Crippen molar-refractivity contribution in [3.05, 3.63) is 29.8 Å². The van der Waals surface area contributed by atoms with Gasteiger partial charge in [0.25, 0.3) is 0 Å². The topological polar surface area (TPSA) is 78.8 Å². The van der Waals surface area contributed by atoms with Gasteiger partial charge in [-0.3, -0.25) is 24.8 Å². The molecule has 0 unspecified atom stereocenters. The van der Waals surface area contributed by atoms with Crippen LogP contribution >= 0.6 is 0 Å². The fourth-order valence-electron chi connectivity index (χ4n) is 4.37. The van der Waals surface area contributed by atoms with E-state index in [2.05, 4.69) is 10.3 Å². The predicted molar refractivity (Wildman–Crippen MR) is 92.4 cm³/mol. The standard InChI is InChI=1S/C19H21N3O3/c1-11-2-6-14(7-3-11)20-10-15-17(23)21-19(25)22(18(15)24)16-9-12-4-5-13(16)8-12/h2-3,6-7,10,12-13,15-16H,4-5,8-9H2,1H3,(H,21,23,25)/t12-,13-,15-,16-/m0/s1. The Bertz CT molecular complexity index is 756. The Morgan fingerprint density at radius 3 is 2.52 bits per heavy atom. The minimum atomic E-state index is -1.04. The fourth-order valence-corrected chi connectivity index (χ4v) is 4.37. The summed E-state index contributed by atoms with van der Waals surface area (Å²) in [6.45, 7) is 1.98. The molecular formula is C19H21N3O3. The van der Waals surface area contributed by atoms with Gasteiger partial charge in [-0.15, -0.1) is 0 Å². The molecule has 2 saturated carbocycles. The molecular weight excluding hydrogens is 318 g/mol. The number of carbonyl (C=O) groups excluding carboxylic acids is 3. The van der Waals surface area contributed by atoms with Crippen molar-refractivity contribution >= 4 is 29.7 Å². The molecule has 1 aromatic carbocycles. The molecule has 2 aliphatic carbocycles. The quantitative estimate of drug-likeness (QED) is 0.679. The molecule has 2 bridgehead atoms. The van der Waals surface area contributed by atoms with Gasteiger partial charge in [0.1, 0.15) is 0 Å². The lowest BCUT2D eigenvalue weighted by atomic mass is 9.92. The molecule has 6 heteroatoms. The molecule has 1 aliphatic heterocycles. The van der Waals surface area contributed by atoms with Crippen LogP contribution in [0.4, 0.5) is 10.5 Å². The lowest BCUT2D eigenvalue weighted by Gasteiger charge is -2.36. The van der Waals surface area contributed by atoms with Crippen molar-refractivity contribution in [3.8, 4) is 0 Å². The lowest BCUT2D eigenvalue weighted by molar-refractivity contribution is -0.141. The van der Waals surface area contributed by atoms with Gasteiger partial charge in [-0.1, -0.05) is 24.1 Å². The molecule has 6 nitrogen and oxygen atoms in total. The molecule has 3 aliphatic rings. The Labute approximate surface area is 146 Å². The number of urea groups is 1. The van der Waals surface area contributed by atoms with E-state index in [1.807, 2.05) is 31.2 Å². The monoisotopic (exact) mass is 339 g/mol. The molecule has 0 spiro atoms. The number of hydrogen-bond acceptors (Lipinski definition) is 4. The van der Waals surface area contributed by atoms with E-state index in [-0.39, 0.29) is 6.04 Å². The first-order chi connectivity index (χ1) is 12.0. The normalized spacial score (nSPS) is 31.9. The summed E-state index contributed by atoms with van der Waals surface area (Å²) in [5, 5.41) is 2.33. The number of nitrogens with zero attached hydrogens (tertiary/aromatic N) is 2. The number of aliphatic imine (C=N–C) groups is 1. The molecule has 0 aromatic heterocycles. The van der Waals surface area contributed by atoms with Crippen molar-refractivity contribution in [1.82, 2.24) is 10.2 Å². The molecule has 3 fully saturated rings. The van der Waals surface area contributed by atoms with E-state index >= 15 is 0 Å². The third-order valence-corrected chi connectivity index (χ3v) is 5.67. The number of fused-ring (bicyclic) bond motifs is 2. The van der Waals surface area contributed by atoms with Crippen LogP contribution in [0.5, 0.6) is 0 Å². The summed E-state index contributed by atoms with van der Waals surface area (Å²) in [7, 11) is 0. The Balaban J connectivity index is 1.55. The summed E-state index contributed by atoms with van der Waals surface area (Å²) in [5.41, 5.74) is 1.79. The summed E-state index contributed by atoms with van der Waals surface area (Å²) in [4.78, 5) is 42.8. The van der Waals surface area contributed by atoms with Gasteiger partial charge in [0.05, 0.1) is 5.69 Å². The second-order valence-corrected chi connectivity index (χ2v) is 7.34. The van der Waals surface area contributed by atoms with Crippen LogP contribution in [0.3, 0.4) is 0 Å². The van der Waals surface area contributed by atoms with E-state index < -0.39 is 23.8 Å². The van der Waals surface area contributed by atoms with Crippen molar-refractivity contribution < 1.29 is 14.4 Å². The van der Waals surface area contributed by atoms with Crippen molar-refractivity contribution in [1.29, 1.82) is 0 Å². The summed E-state index contributed by atoms with van der Waals surface area (Å²) in [6.07, 6.45) is 5.54. The van der Waals surface area contributed by atoms with Crippen molar-refractivity contribution in [2.45, 2.75) is 38.6 Å². The van der Waals surface area contributed by atoms with Gasteiger partial charge in [-0.25, -0.2) is 4.79 Å². The van der Waals surface area contributed by atoms with Gasteiger partial charge in [0, 0.05) is 12.3 Å².